The third kappa shape index (κ3) is 67.4. The van der Waals surface area contributed by atoms with E-state index >= 15 is 0 Å². The second kappa shape index (κ2) is 70.1. The van der Waals surface area contributed by atoms with Gasteiger partial charge in [0.15, 0.2) is 6.10 Å². The van der Waals surface area contributed by atoms with Crippen molar-refractivity contribution in [2.75, 3.05) is 13.2 Å². The van der Waals surface area contributed by atoms with Crippen LogP contribution in [0.3, 0.4) is 0 Å². The fourth-order valence-electron chi connectivity index (χ4n) is 10.3. The molecule has 0 aliphatic carbocycles. The molecule has 6 nitrogen and oxygen atoms in total. The number of carbonyl (C=O) groups excluding carboxylic acids is 3. The van der Waals surface area contributed by atoms with Crippen molar-refractivity contribution >= 4 is 17.9 Å². The van der Waals surface area contributed by atoms with Gasteiger partial charge in [0.1, 0.15) is 13.2 Å². The molecule has 0 rings (SSSR count). The van der Waals surface area contributed by atoms with E-state index < -0.39 is 6.10 Å². The van der Waals surface area contributed by atoms with Crippen molar-refractivity contribution in [2.45, 2.75) is 367 Å². The Balaban J connectivity index is 4.22. The smallest absolute Gasteiger partial charge is 0.306 e. The molecular formula is C76H134O6. The summed E-state index contributed by atoms with van der Waals surface area (Å²) in [6, 6.07) is 0. The van der Waals surface area contributed by atoms with Gasteiger partial charge in [-0.25, -0.2) is 0 Å². The largest absolute Gasteiger partial charge is 0.462 e. The average molecular weight is 1140 g/mol. The fraction of sp³-hybridized carbons (Fsp3) is 0.776. The minimum atomic E-state index is -0.777. The van der Waals surface area contributed by atoms with Crippen LogP contribution in [0.4, 0.5) is 0 Å². The van der Waals surface area contributed by atoms with Gasteiger partial charge in [0.25, 0.3) is 0 Å². The Morgan fingerprint density at radius 2 is 0.476 bits per heavy atom. The van der Waals surface area contributed by atoms with Crippen LogP contribution in [0.5, 0.6) is 0 Å². The predicted octanol–water partition coefficient (Wildman–Crippen LogP) is 24.6. The molecule has 474 valence electrons. The summed E-state index contributed by atoms with van der Waals surface area (Å²) in [6.07, 6.45) is 93.2. The Hall–Kier alpha value is -3.41. The van der Waals surface area contributed by atoms with E-state index in [2.05, 4.69) is 106 Å². The first-order valence-corrected chi connectivity index (χ1v) is 35.6. The maximum atomic E-state index is 12.9. The molecule has 0 aromatic carbocycles. The predicted molar refractivity (Wildman–Crippen MR) is 358 cm³/mol. The Labute approximate surface area is 509 Å². The lowest BCUT2D eigenvalue weighted by molar-refractivity contribution is -0.167. The molecule has 1 atom stereocenters. The first-order valence-electron chi connectivity index (χ1n) is 35.6. The normalized spacial score (nSPS) is 12.6. The van der Waals surface area contributed by atoms with Crippen LogP contribution in [0.25, 0.3) is 0 Å². The molecule has 1 unspecified atom stereocenters. The lowest BCUT2D eigenvalue weighted by Crippen LogP contribution is -2.30. The van der Waals surface area contributed by atoms with E-state index in [4.69, 9.17) is 14.2 Å². The minimum Gasteiger partial charge on any atom is -0.462 e. The van der Waals surface area contributed by atoms with Gasteiger partial charge in [0, 0.05) is 19.3 Å². The molecule has 0 bridgehead atoms. The Morgan fingerprint density at radius 3 is 0.756 bits per heavy atom. The molecule has 0 amide bonds. The highest BCUT2D eigenvalue weighted by molar-refractivity contribution is 5.71. The van der Waals surface area contributed by atoms with Crippen molar-refractivity contribution in [2.24, 2.45) is 0 Å². The fourth-order valence-corrected chi connectivity index (χ4v) is 10.3. The molecule has 82 heavy (non-hydrogen) atoms. The van der Waals surface area contributed by atoms with Gasteiger partial charge in [-0.15, -0.1) is 0 Å². The second-order valence-electron chi connectivity index (χ2n) is 23.8. The van der Waals surface area contributed by atoms with Crippen LogP contribution in [0.15, 0.2) is 85.1 Å². The van der Waals surface area contributed by atoms with Crippen molar-refractivity contribution in [3.63, 3.8) is 0 Å². The van der Waals surface area contributed by atoms with Crippen LogP contribution in [-0.4, -0.2) is 37.2 Å². The van der Waals surface area contributed by atoms with E-state index in [1.807, 2.05) is 0 Å². The molecule has 0 saturated heterocycles. The first-order chi connectivity index (χ1) is 40.5. The molecule has 0 heterocycles. The maximum absolute atomic E-state index is 12.9. The van der Waals surface area contributed by atoms with E-state index in [-0.39, 0.29) is 31.1 Å². The highest BCUT2D eigenvalue weighted by Crippen LogP contribution is 2.17. The van der Waals surface area contributed by atoms with Crippen LogP contribution in [0, 0.1) is 0 Å². The zero-order valence-electron chi connectivity index (χ0n) is 54.5. The SMILES string of the molecule is CC/C=C\C/C=C\C/C=C\C/C=C\C/C=C\C/C=C\CCCCCCCCCCCCCCC(=O)OCC(COC(=O)CCCCCCCCCCCCCC)OC(=O)CCCCCCCCCCC/C=C\CCCCCCCCCC. The minimum absolute atomic E-state index is 0.0726. The Morgan fingerprint density at radius 1 is 0.256 bits per heavy atom. The quantitative estimate of drug-likeness (QED) is 0.0261. The summed E-state index contributed by atoms with van der Waals surface area (Å²) in [6.45, 7) is 6.57. The third-order valence-electron chi connectivity index (χ3n) is 15.6. The van der Waals surface area contributed by atoms with Gasteiger partial charge in [0.05, 0.1) is 0 Å². The zero-order chi connectivity index (χ0) is 59.2. The van der Waals surface area contributed by atoms with Crippen molar-refractivity contribution in [3.8, 4) is 0 Å². The van der Waals surface area contributed by atoms with Crippen molar-refractivity contribution < 1.29 is 28.6 Å². The third-order valence-corrected chi connectivity index (χ3v) is 15.6. The molecule has 0 fully saturated rings. The van der Waals surface area contributed by atoms with Gasteiger partial charge < -0.3 is 14.2 Å². The van der Waals surface area contributed by atoms with Gasteiger partial charge >= 0.3 is 17.9 Å². The van der Waals surface area contributed by atoms with E-state index in [0.29, 0.717) is 19.3 Å². The summed E-state index contributed by atoms with van der Waals surface area (Å²) in [5.74, 6) is -0.857. The van der Waals surface area contributed by atoms with Crippen LogP contribution >= 0.6 is 0 Å². The number of esters is 3. The molecule has 0 radical (unpaired) electrons. The molecule has 0 spiro atoms. The molecule has 6 heteroatoms. The molecular weight excluding hydrogens is 1010 g/mol. The first kappa shape index (κ1) is 78.6. The number of hydrogen-bond donors (Lipinski definition) is 0. The molecule has 0 aromatic rings. The number of hydrogen-bond acceptors (Lipinski definition) is 6. The standard InChI is InChI=1S/C76H134O6/c1-4-7-10-13-16-19-22-25-27-29-31-33-34-35-36-37-38-39-40-41-42-44-45-47-49-51-54-57-60-63-66-69-75(78)81-72-73(71-80-74(77)68-65-62-59-56-53-24-21-18-15-12-9-6-3)82-76(79)70-67-64-61-58-55-52-50-48-46-43-32-30-28-26-23-20-17-14-11-8-5-2/h7,10,16,19,25,27,30-33,35-36,38-39,73H,4-6,8-9,11-15,17-18,20-24,26,28-29,34,37,40-72H2,1-3H3/b10-7-,19-16-,27-25-,32-30-,33-31-,36-35-,39-38-. The van der Waals surface area contributed by atoms with E-state index in [1.54, 1.807) is 0 Å². The molecule has 0 saturated carbocycles. The number of rotatable bonds is 65. The van der Waals surface area contributed by atoms with Crippen LogP contribution < -0.4 is 0 Å². The summed E-state index contributed by atoms with van der Waals surface area (Å²) < 4.78 is 17.0. The molecule has 0 aliphatic rings. The van der Waals surface area contributed by atoms with E-state index in [9.17, 15) is 14.4 Å². The highest BCUT2D eigenvalue weighted by atomic mass is 16.6. The molecule has 0 aliphatic heterocycles. The van der Waals surface area contributed by atoms with E-state index in [0.717, 1.165) is 96.3 Å². The monoisotopic (exact) mass is 1140 g/mol. The molecule has 0 aromatic heterocycles. The maximum Gasteiger partial charge on any atom is 0.306 e. The van der Waals surface area contributed by atoms with E-state index in [1.165, 1.54) is 225 Å². The molecule has 0 N–H and O–H groups in total. The highest BCUT2D eigenvalue weighted by Gasteiger charge is 2.19. The van der Waals surface area contributed by atoms with Gasteiger partial charge in [0.2, 0.25) is 0 Å². The lowest BCUT2D eigenvalue weighted by Gasteiger charge is -2.18. The number of carbonyl (C=O) groups is 3. The van der Waals surface area contributed by atoms with Crippen molar-refractivity contribution in [1.29, 1.82) is 0 Å². The van der Waals surface area contributed by atoms with Gasteiger partial charge in [-0.1, -0.05) is 331 Å². The summed E-state index contributed by atoms with van der Waals surface area (Å²) in [7, 11) is 0. The summed E-state index contributed by atoms with van der Waals surface area (Å²) in [5, 5.41) is 0. The van der Waals surface area contributed by atoms with Crippen LogP contribution in [-0.2, 0) is 28.6 Å². The van der Waals surface area contributed by atoms with Crippen LogP contribution in [0.2, 0.25) is 0 Å². The van der Waals surface area contributed by atoms with Gasteiger partial charge in [-0.2, -0.15) is 0 Å². The number of unbranched alkanes of at least 4 members (excludes halogenated alkanes) is 40. The van der Waals surface area contributed by atoms with Gasteiger partial charge in [-0.3, -0.25) is 14.4 Å². The Kier molecular flexibility index (Phi) is 67.2. The summed E-state index contributed by atoms with van der Waals surface area (Å²) >= 11 is 0. The Bertz CT molecular complexity index is 1550. The van der Waals surface area contributed by atoms with Crippen molar-refractivity contribution in [1.82, 2.24) is 0 Å². The topological polar surface area (TPSA) is 78.9 Å². The summed E-state index contributed by atoms with van der Waals surface area (Å²) in [4.78, 5) is 38.4. The number of allylic oxidation sites excluding steroid dienone is 14. The van der Waals surface area contributed by atoms with Crippen LogP contribution in [0.1, 0.15) is 361 Å². The lowest BCUT2D eigenvalue weighted by atomic mass is 10.0. The number of ether oxygens (including phenoxy) is 3. The van der Waals surface area contributed by atoms with Gasteiger partial charge in [-0.05, 0) is 96.3 Å². The van der Waals surface area contributed by atoms with Crippen molar-refractivity contribution in [3.05, 3.63) is 85.1 Å². The zero-order valence-corrected chi connectivity index (χ0v) is 54.5. The average Bonchev–Trinajstić information content (AvgIpc) is 3.47. The second-order valence-corrected chi connectivity index (χ2v) is 23.8. The summed E-state index contributed by atoms with van der Waals surface area (Å²) in [5.41, 5.74) is 0.